The Kier molecular flexibility index (Phi) is 8.02. The fourth-order valence-electron chi connectivity index (χ4n) is 5.01. The van der Waals surface area contributed by atoms with E-state index in [9.17, 15) is 19.2 Å². The van der Waals surface area contributed by atoms with E-state index in [4.69, 9.17) is 9.47 Å². The number of aromatic nitrogens is 2. The Morgan fingerprint density at radius 2 is 1.34 bits per heavy atom. The van der Waals surface area contributed by atoms with Crippen LogP contribution >= 0.6 is 0 Å². The molecule has 2 aliphatic rings. The van der Waals surface area contributed by atoms with Crippen LogP contribution in [0.3, 0.4) is 0 Å². The number of likely N-dealkylation sites (N-methyl/N-ethyl adjacent to an activating group) is 1. The van der Waals surface area contributed by atoms with Crippen molar-refractivity contribution in [3.8, 4) is 22.5 Å². The summed E-state index contributed by atoms with van der Waals surface area (Å²) in [6.45, 7) is 12.7. The Labute approximate surface area is 256 Å². The number of amides is 3. The van der Waals surface area contributed by atoms with Crippen LogP contribution in [-0.2, 0) is 9.47 Å². The second-order valence-corrected chi connectivity index (χ2v) is 12.9. The van der Waals surface area contributed by atoms with Crippen LogP contribution in [0, 0.1) is 0 Å². The largest absolute Gasteiger partial charge is 0.443 e. The maximum Gasteiger partial charge on any atom is 0.427 e. The van der Waals surface area contributed by atoms with E-state index in [0.717, 1.165) is 13.1 Å². The summed E-state index contributed by atoms with van der Waals surface area (Å²) in [5.41, 5.74) is 0.512. The Bertz CT molecular complexity index is 1600. The predicted molar refractivity (Wildman–Crippen MR) is 165 cm³/mol. The molecule has 1 aromatic heterocycles. The molecular weight excluding hydrogens is 562 g/mol. The molecule has 0 unspecified atom stereocenters. The molecule has 1 aliphatic heterocycles. The van der Waals surface area contributed by atoms with Gasteiger partial charge in [-0.25, -0.2) is 19.6 Å². The van der Waals surface area contributed by atoms with Gasteiger partial charge in [0.1, 0.15) is 11.2 Å². The number of carbonyl (C=O) groups excluding carboxylic acids is 4. The van der Waals surface area contributed by atoms with Crippen LogP contribution in [-0.4, -0.2) is 88.1 Å². The lowest BCUT2D eigenvalue weighted by molar-refractivity contribution is 0.0426. The van der Waals surface area contributed by atoms with Crippen LogP contribution in [0.25, 0.3) is 22.5 Å². The van der Waals surface area contributed by atoms with Crippen molar-refractivity contribution in [2.75, 3.05) is 38.1 Å². The van der Waals surface area contributed by atoms with Gasteiger partial charge in [0.25, 0.3) is 5.91 Å². The number of imide groups is 1. The molecule has 11 nitrogen and oxygen atoms in total. The smallest absolute Gasteiger partial charge is 0.427 e. The van der Waals surface area contributed by atoms with Gasteiger partial charge in [0.2, 0.25) is 5.95 Å². The molecule has 0 spiro atoms. The van der Waals surface area contributed by atoms with Gasteiger partial charge in [-0.3, -0.25) is 9.59 Å². The number of rotatable bonds is 3. The maximum atomic E-state index is 13.8. The minimum atomic E-state index is -1.03. The molecular formula is C33H37N5O6. The number of hydrogen-bond acceptors (Lipinski definition) is 9. The van der Waals surface area contributed by atoms with Gasteiger partial charge in [0.15, 0.2) is 5.78 Å². The normalized spacial score (nSPS) is 15.0. The number of benzene rings is 2. The summed E-state index contributed by atoms with van der Waals surface area (Å²) in [7, 11) is 2.01. The topological polar surface area (TPSA) is 122 Å². The summed E-state index contributed by atoms with van der Waals surface area (Å²) in [5.74, 6) is -0.786. The zero-order valence-electron chi connectivity index (χ0n) is 26.1. The lowest BCUT2D eigenvalue weighted by Gasteiger charge is -2.32. The van der Waals surface area contributed by atoms with Gasteiger partial charge in [-0.05, 0) is 66.8 Å². The molecule has 0 atom stereocenters. The third-order valence-electron chi connectivity index (χ3n) is 7.08. The van der Waals surface area contributed by atoms with Crippen molar-refractivity contribution >= 4 is 29.8 Å². The SMILES string of the molecule is CN1CCN(C(=O)c2ccc3c(c2)-c2nc(N(C(=O)OC(C)(C)C)C(=O)OC(C)(C)C)nc(-c4ccccc4)c2C3=O)CC1. The van der Waals surface area contributed by atoms with Gasteiger partial charge in [0.05, 0.1) is 17.0 Å². The Balaban J connectivity index is 1.68. The fourth-order valence-corrected chi connectivity index (χ4v) is 5.01. The molecule has 5 rings (SSSR count). The van der Waals surface area contributed by atoms with Crippen molar-refractivity contribution in [3.63, 3.8) is 0 Å². The van der Waals surface area contributed by atoms with Crippen molar-refractivity contribution < 1.29 is 28.7 Å². The number of ether oxygens (including phenoxy) is 2. The van der Waals surface area contributed by atoms with E-state index < -0.39 is 23.4 Å². The lowest BCUT2D eigenvalue weighted by atomic mass is 10.0. The Morgan fingerprint density at radius 1 is 0.773 bits per heavy atom. The molecule has 0 saturated carbocycles. The summed E-state index contributed by atoms with van der Waals surface area (Å²) in [4.78, 5) is 68.1. The van der Waals surface area contributed by atoms with Crippen LogP contribution in [0.15, 0.2) is 48.5 Å². The van der Waals surface area contributed by atoms with Crippen LogP contribution < -0.4 is 4.90 Å². The highest BCUT2D eigenvalue weighted by Crippen LogP contribution is 2.41. The van der Waals surface area contributed by atoms with Gasteiger partial charge < -0.3 is 19.3 Å². The predicted octanol–water partition coefficient (Wildman–Crippen LogP) is 5.42. The number of carbonyl (C=O) groups is 4. The average Bonchev–Trinajstić information content (AvgIpc) is 3.22. The van der Waals surface area contributed by atoms with E-state index >= 15 is 0 Å². The quantitative estimate of drug-likeness (QED) is 0.304. The lowest BCUT2D eigenvalue weighted by Crippen LogP contribution is -2.47. The van der Waals surface area contributed by atoms with E-state index in [2.05, 4.69) is 14.9 Å². The van der Waals surface area contributed by atoms with Gasteiger partial charge in [-0.15, -0.1) is 4.90 Å². The molecule has 3 aromatic rings. The first-order chi connectivity index (χ1) is 20.6. The number of ketones is 1. The molecule has 2 heterocycles. The Hall–Kier alpha value is -4.64. The van der Waals surface area contributed by atoms with E-state index in [1.807, 2.05) is 13.1 Å². The molecule has 1 fully saturated rings. The maximum absolute atomic E-state index is 13.8. The number of hydrogen-bond donors (Lipinski definition) is 0. The standard InChI is InChI=1S/C33H37N5O6/c1-32(2,3)43-30(41)38(31(42)44-33(4,5)6)29-34-25(20-11-9-8-10-12-20)24-26(35-29)23-19-21(13-14-22(23)27(24)39)28(40)37-17-15-36(7)16-18-37/h8-14,19H,15-18H2,1-7H3. The first-order valence-corrected chi connectivity index (χ1v) is 14.5. The summed E-state index contributed by atoms with van der Waals surface area (Å²) >= 11 is 0. The molecule has 0 N–H and O–H groups in total. The number of nitrogens with zero attached hydrogens (tertiary/aromatic N) is 5. The fraction of sp³-hybridized carbons (Fsp3) is 0.394. The highest BCUT2D eigenvalue weighted by atomic mass is 16.6. The summed E-state index contributed by atoms with van der Waals surface area (Å²) in [6.07, 6.45) is -2.07. The second-order valence-electron chi connectivity index (χ2n) is 12.9. The highest BCUT2D eigenvalue weighted by Gasteiger charge is 2.39. The molecule has 230 valence electrons. The van der Waals surface area contributed by atoms with Crippen molar-refractivity contribution in [2.24, 2.45) is 0 Å². The summed E-state index contributed by atoms with van der Waals surface area (Å²) < 4.78 is 11.1. The van der Waals surface area contributed by atoms with Gasteiger partial charge in [-0.1, -0.05) is 30.3 Å². The van der Waals surface area contributed by atoms with Crippen LogP contribution in [0.1, 0.15) is 67.8 Å². The number of fused-ring (bicyclic) bond motifs is 3. The van der Waals surface area contributed by atoms with Crippen molar-refractivity contribution in [1.82, 2.24) is 19.8 Å². The molecule has 2 aromatic carbocycles. The van der Waals surface area contributed by atoms with Crippen molar-refractivity contribution in [1.29, 1.82) is 0 Å². The van der Waals surface area contributed by atoms with Gasteiger partial charge in [-0.2, -0.15) is 0 Å². The minimum Gasteiger partial charge on any atom is -0.443 e. The van der Waals surface area contributed by atoms with E-state index in [1.54, 1.807) is 88.9 Å². The first kappa shape index (κ1) is 30.8. The highest BCUT2D eigenvalue weighted by molar-refractivity contribution is 6.24. The van der Waals surface area contributed by atoms with E-state index in [-0.39, 0.29) is 34.6 Å². The van der Waals surface area contributed by atoms with E-state index in [1.165, 1.54) is 0 Å². The number of anilines is 1. The van der Waals surface area contributed by atoms with E-state index in [0.29, 0.717) is 40.2 Å². The minimum absolute atomic E-state index is 0.150. The average molecular weight is 600 g/mol. The monoisotopic (exact) mass is 599 g/mol. The van der Waals surface area contributed by atoms with Crippen LogP contribution in [0.4, 0.5) is 15.5 Å². The van der Waals surface area contributed by atoms with Crippen LogP contribution in [0.2, 0.25) is 0 Å². The molecule has 0 bridgehead atoms. The summed E-state index contributed by atoms with van der Waals surface area (Å²) in [5, 5.41) is 0. The molecule has 11 heteroatoms. The van der Waals surface area contributed by atoms with Crippen molar-refractivity contribution in [2.45, 2.75) is 52.7 Å². The third kappa shape index (κ3) is 6.33. The zero-order valence-corrected chi connectivity index (χ0v) is 26.1. The molecule has 44 heavy (non-hydrogen) atoms. The summed E-state index contributed by atoms with van der Waals surface area (Å²) in [6, 6.07) is 13.9. The van der Waals surface area contributed by atoms with Crippen molar-refractivity contribution in [3.05, 3.63) is 65.2 Å². The second kappa shape index (κ2) is 11.5. The van der Waals surface area contributed by atoms with Crippen LogP contribution in [0.5, 0.6) is 0 Å². The number of piperazine rings is 1. The molecule has 3 amide bonds. The third-order valence-corrected chi connectivity index (χ3v) is 7.08. The Morgan fingerprint density at radius 3 is 1.91 bits per heavy atom. The zero-order chi connectivity index (χ0) is 32.0. The molecule has 1 saturated heterocycles. The molecule has 1 aliphatic carbocycles. The van der Waals surface area contributed by atoms with Gasteiger partial charge in [0, 0.05) is 48.4 Å². The molecule has 0 radical (unpaired) electrons. The van der Waals surface area contributed by atoms with Gasteiger partial charge >= 0.3 is 12.2 Å². The first-order valence-electron chi connectivity index (χ1n) is 14.5.